The van der Waals surface area contributed by atoms with Crippen molar-refractivity contribution in [3.63, 3.8) is 0 Å². The third-order valence-electron chi connectivity index (χ3n) is 8.26. The first-order valence-electron chi connectivity index (χ1n) is 16.9. The average Bonchev–Trinajstić information content (AvgIpc) is 3.29. The first-order chi connectivity index (χ1) is 22.7. The third kappa shape index (κ3) is 10.5. The van der Waals surface area contributed by atoms with E-state index in [0.717, 1.165) is 40.2 Å². The minimum atomic E-state index is -0.408. The lowest BCUT2D eigenvalue weighted by Crippen LogP contribution is -2.39. The molecule has 2 N–H and O–H groups in total. The zero-order valence-corrected chi connectivity index (χ0v) is 29.6. The highest BCUT2D eigenvalue weighted by Crippen LogP contribution is 2.41. The highest BCUT2D eigenvalue weighted by atomic mass is 16.5. The molecule has 3 amide bonds. The summed E-state index contributed by atoms with van der Waals surface area (Å²) < 4.78 is 14.3. The maximum atomic E-state index is 13.8. The monoisotopic (exact) mass is 660 g/mol. The second kappa shape index (κ2) is 16.3. The molecule has 4 rings (SSSR count). The van der Waals surface area contributed by atoms with Crippen molar-refractivity contribution in [3.8, 4) is 11.3 Å². The molecule has 2 heterocycles. The smallest absolute Gasteiger partial charge is 0.239 e. The molecule has 0 fully saturated rings. The van der Waals surface area contributed by atoms with Crippen LogP contribution >= 0.6 is 0 Å². The van der Waals surface area contributed by atoms with Crippen LogP contribution in [-0.2, 0) is 30.4 Å². The molecule has 0 bridgehead atoms. The molecule has 1 aromatic heterocycles. The van der Waals surface area contributed by atoms with Gasteiger partial charge in [0.1, 0.15) is 5.69 Å². The predicted octanol–water partition coefficient (Wildman–Crippen LogP) is 5.23. The minimum Gasteiger partial charge on any atom is -0.378 e. The van der Waals surface area contributed by atoms with Crippen molar-refractivity contribution in [2.45, 2.75) is 92.4 Å². The summed E-state index contributed by atoms with van der Waals surface area (Å²) in [5.74, 6) is -0.759. The van der Waals surface area contributed by atoms with E-state index in [1.165, 1.54) is 6.92 Å². The maximum absolute atomic E-state index is 13.8. The number of nitrogens with zero attached hydrogens (tertiary/aromatic N) is 4. The van der Waals surface area contributed by atoms with Crippen LogP contribution in [0.25, 0.3) is 16.8 Å². The largest absolute Gasteiger partial charge is 0.378 e. The van der Waals surface area contributed by atoms with Gasteiger partial charge in [-0.15, -0.1) is 5.10 Å². The molecule has 2 aliphatic rings. The zero-order valence-electron chi connectivity index (χ0n) is 29.6. The number of aromatic nitrogens is 3. The van der Waals surface area contributed by atoms with Crippen LogP contribution in [0.5, 0.6) is 0 Å². The van der Waals surface area contributed by atoms with Crippen LogP contribution in [0.3, 0.4) is 0 Å². The van der Waals surface area contributed by atoms with Crippen LogP contribution in [0.15, 0.2) is 54.1 Å². The van der Waals surface area contributed by atoms with Crippen LogP contribution in [0.4, 0.5) is 5.69 Å². The molecule has 1 aliphatic heterocycles. The molecule has 1 atom stereocenters. The highest BCUT2D eigenvalue weighted by Gasteiger charge is 2.30. The topological polar surface area (TPSA) is 128 Å². The minimum absolute atomic E-state index is 0.0977. The van der Waals surface area contributed by atoms with Gasteiger partial charge in [0.25, 0.3) is 0 Å². The van der Waals surface area contributed by atoms with E-state index < -0.39 is 5.60 Å². The number of nitrogens with one attached hydrogen (secondary N) is 2. The number of allylic oxidation sites excluding steroid dienone is 4. The number of amides is 3. The van der Waals surface area contributed by atoms with Gasteiger partial charge in [-0.2, -0.15) is 0 Å². The number of ether oxygens (including phenoxy) is 2. The number of rotatable bonds is 14. The van der Waals surface area contributed by atoms with Crippen molar-refractivity contribution in [1.29, 1.82) is 0 Å². The number of hydrogen-bond acceptors (Lipinski definition) is 7. The molecule has 1 aromatic carbocycles. The molecule has 11 heteroatoms. The van der Waals surface area contributed by atoms with E-state index in [4.69, 9.17) is 14.6 Å². The predicted molar refractivity (Wildman–Crippen MR) is 188 cm³/mol. The number of carbonyl (C=O) groups excluding carboxylic acids is 3. The van der Waals surface area contributed by atoms with Gasteiger partial charge in [-0.1, -0.05) is 68.5 Å². The molecule has 1 unspecified atom stereocenters. The lowest BCUT2D eigenvalue weighted by atomic mass is 9.93. The van der Waals surface area contributed by atoms with Gasteiger partial charge in [-0.25, -0.2) is 4.68 Å². The van der Waals surface area contributed by atoms with Gasteiger partial charge in [0.05, 0.1) is 42.8 Å². The van der Waals surface area contributed by atoms with Gasteiger partial charge >= 0.3 is 0 Å². The molecule has 0 saturated carbocycles. The molecular weight excluding hydrogens is 608 g/mol. The Balaban J connectivity index is 1.55. The maximum Gasteiger partial charge on any atom is 0.239 e. The Morgan fingerprint density at radius 2 is 1.83 bits per heavy atom. The highest BCUT2D eigenvalue weighted by molar-refractivity contribution is 6.01. The van der Waals surface area contributed by atoms with Crippen LogP contribution in [0, 0.1) is 5.41 Å². The van der Waals surface area contributed by atoms with Crippen molar-refractivity contribution >= 4 is 29.0 Å². The van der Waals surface area contributed by atoms with Crippen LogP contribution in [0.2, 0.25) is 0 Å². The third-order valence-corrected chi connectivity index (χ3v) is 8.26. The Kier molecular flexibility index (Phi) is 12.5. The molecule has 0 radical (unpaired) electrons. The van der Waals surface area contributed by atoms with Gasteiger partial charge < -0.3 is 25.0 Å². The summed E-state index contributed by atoms with van der Waals surface area (Å²) in [6.07, 6.45) is 10.5. The van der Waals surface area contributed by atoms with E-state index in [1.807, 2.05) is 47.2 Å². The number of para-hydroxylation sites is 1. The summed E-state index contributed by atoms with van der Waals surface area (Å²) in [6.45, 7) is 16.4. The molecule has 260 valence electrons. The lowest BCUT2D eigenvalue weighted by Gasteiger charge is -2.30. The average molecular weight is 661 g/mol. The number of aryl methyl sites for hydroxylation is 1. The summed E-state index contributed by atoms with van der Waals surface area (Å²) in [6, 6.07) is 7.85. The van der Waals surface area contributed by atoms with Gasteiger partial charge in [0.2, 0.25) is 17.7 Å². The van der Waals surface area contributed by atoms with Gasteiger partial charge in [0, 0.05) is 38.6 Å². The number of benzene rings is 1. The Morgan fingerprint density at radius 1 is 1.06 bits per heavy atom. The fraction of sp³-hybridized carbons (Fsp3) is 0.541. The first-order valence-corrected chi connectivity index (χ1v) is 16.9. The Morgan fingerprint density at radius 3 is 2.58 bits per heavy atom. The standard InChI is InChI=1S/C37H52N6O5/c1-26(47-25-36(3,4)5)18-22-48-37(6,7)19-21-43-35-30-15-11-12-16-31(30)42(33(46)17-20-38-32(45)23-39-27(2)44)24-28-13-9-8-10-14-29(28)34(35)40-41-43/h8-13,15-16,26H,14,17-25H2,1-7H3,(H,38,45)(H,39,44). The Bertz CT molecular complexity index is 1550. The molecule has 48 heavy (non-hydrogen) atoms. The van der Waals surface area contributed by atoms with Gasteiger partial charge in [-0.05, 0) is 62.7 Å². The normalized spacial score (nSPS) is 15.1. The van der Waals surface area contributed by atoms with E-state index in [2.05, 4.69) is 63.5 Å². The molecule has 0 saturated heterocycles. The zero-order chi connectivity index (χ0) is 34.9. The first kappa shape index (κ1) is 36.7. The van der Waals surface area contributed by atoms with E-state index in [9.17, 15) is 14.4 Å². The second-order valence-corrected chi connectivity index (χ2v) is 14.3. The number of carbonyl (C=O) groups is 3. The summed E-state index contributed by atoms with van der Waals surface area (Å²) in [5, 5.41) is 14.6. The van der Waals surface area contributed by atoms with E-state index in [-0.39, 0.29) is 48.8 Å². The van der Waals surface area contributed by atoms with Crippen molar-refractivity contribution in [1.82, 2.24) is 25.6 Å². The Hall–Kier alpha value is -4.09. The van der Waals surface area contributed by atoms with Gasteiger partial charge in [-0.3, -0.25) is 14.4 Å². The van der Waals surface area contributed by atoms with Gasteiger partial charge in [0.15, 0.2) is 0 Å². The molecule has 2 aromatic rings. The van der Waals surface area contributed by atoms with Crippen LogP contribution in [0.1, 0.15) is 79.8 Å². The summed E-state index contributed by atoms with van der Waals surface area (Å²) in [7, 11) is 0. The molecule has 11 nitrogen and oxygen atoms in total. The fourth-order valence-corrected chi connectivity index (χ4v) is 5.53. The quantitative estimate of drug-likeness (QED) is 0.284. The van der Waals surface area contributed by atoms with Crippen molar-refractivity contribution in [3.05, 3.63) is 59.8 Å². The molecule has 0 spiro atoms. The lowest BCUT2D eigenvalue weighted by molar-refractivity contribution is -0.125. The number of fused-ring (bicyclic) bond motifs is 4. The number of hydrogen-bond donors (Lipinski definition) is 2. The summed E-state index contributed by atoms with van der Waals surface area (Å²) >= 11 is 0. The van der Waals surface area contributed by atoms with Crippen LogP contribution in [-0.4, -0.2) is 77.3 Å². The van der Waals surface area contributed by atoms with E-state index >= 15 is 0 Å². The van der Waals surface area contributed by atoms with E-state index in [1.54, 1.807) is 4.90 Å². The molecule has 1 aliphatic carbocycles. The summed E-state index contributed by atoms with van der Waals surface area (Å²) in [4.78, 5) is 38.9. The Labute approximate surface area is 284 Å². The number of anilines is 1. The second-order valence-electron chi connectivity index (χ2n) is 14.3. The summed E-state index contributed by atoms with van der Waals surface area (Å²) in [5.41, 5.74) is 5.03. The fourth-order valence-electron chi connectivity index (χ4n) is 5.53. The van der Waals surface area contributed by atoms with Crippen molar-refractivity contribution < 1.29 is 23.9 Å². The van der Waals surface area contributed by atoms with Crippen molar-refractivity contribution in [2.75, 3.05) is 37.7 Å². The van der Waals surface area contributed by atoms with Crippen molar-refractivity contribution in [2.24, 2.45) is 5.41 Å². The van der Waals surface area contributed by atoms with E-state index in [0.29, 0.717) is 39.1 Å². The van der Waals surface area contributed by atoms with Crippen LogP contribution < -0.4 is 15.5 Å². The SMILES string of the molecule is CC(=O)NCC(=O)NCCC(=O)N1CC2=C(CC=CC=C2)c2nnn(CCC(C)(C)OCCC(C)OCC(C)(C)C)c2-c2ccccc21. The molecular formula is C37H52N6O5.